The van der Waals surface area contributed by atoms with Crippen molar-refractivity contribution in [3.8, 4) is 0 Å². The van der Waals surface area contributed by atoms with Crippen LogP contribution in [0.1, 0.15) is 43.6 Å². The molecule has 2 rings (SSSR count). The Morgan fingerprint density at radius 1 is 1.50 bits per heavy atom. The number of aryl methyl sites for hydroxylation is 1. The van der Waals surface area contributed by atoms with E-state index in [0.29, 0.717) is 22.6 Å². The van der Waals surface area contributed by atoms with Crippen LogP contribution in [0.2, 0.25) is 5.02 Å². The van der Waals surface area contributed by atoms with Crippen molar-refractivity contribution < 1.29 is 4.79 Å². The van der Waals surface area contributed by atoms with E-state index in [4.69, 9.17) is 11.6 Å². The Bertz CT molecular complexity index is 424. The first kappa shape index (κ1) is 13.4. The van der Waals surface area contributed by atoms with Gasteiger partial charge in [-0.05, 0) is 18.3 Å². The minimum atomic E-state index is -0.119. The maximum atomic E-state index is 12.2. The summed E-state index contributed by atoms with van der Waals surface area (Å²) in [5, 5.41) is 7.50. The second-order valence-corrected chi connectivity index (χ2v) is 5.72. The second kappa shape index (κ2) is 5.31. The average molecular weight is 270 g/mol. The van der Waals surface area contributed by atoms with E-state index in [-0.39, 0.29) is 11.9 Å². The van der Waals surface area contributed by atoms with Crippen molar-refractivity contribution >= 4 is 17.5 Å². The predicted octanol–water partition coefficient (Wildman–Crippen LogP) is 2.63. The molecular weight excluding hydrogens is 250 g/mol. The molecule has 100 valence electrons. The van der Waals surface area contributed by atoms with Crippen LogP contribution in [0.15, 0.2) is 6.20 Å². The maximum absolute atomic E-state index is 12.2. The van der Waals surface area contributed by atoms with Crippen molar-refractivity contribution in [3.05, 3.63) is 16.9 Å². The lowest BCUT2D eigenvalue weighted by Gasteiger charge is -2.34. The summed E-state index contributed by atoms with van der Waals surface area (Å²) in [6.07, 6.45) is 4.98. The highest BCUT2D eigenvalue weighted by Crippen LogP contribution is 2.29. The van der Waals surface area contributed by atoms with Gasteiger partial charge in [0.1, 0.15) is 5.69 Å². The SMILES string of the molecule is C[C@@H]1[C@H](C)CCC[C@@H]1NC(=O)c1c(Cl)cnn1C. The van der Waals surface area contributed by atoms with Crippen LogP contribution in [0.4, 0.5) is 0 Å². The van der Waals surface area contributed by atoms with Crippen LogP contribution >= 0.6 is 11.6 Å². The number of halogens is 1. The molecule has 0 bridgehead atoms. The Labute approximate surface area is 113 Å². The van der Waals surface area contributed by atoms with Crippen LogP contribution in [-0.2, 0) is 7.05 Å². The van der Waals surface area contributed by atoms with Crippen LogP contribution in [-0.4, -0.2) is 21.7 Å². The van der Waals surface area contributed by atoms with Gasteiger partial charge in [0, 0.05) is 13.1 Å². The zero-order valence-corrected chi connectivity index (χ0v) is 11.9. The number of amides is 1. The van der Waals surface area contributed by atoms with Crippen molar-refractivity contribution in [2.24, 2.45) is 18.9 Å². The molecule has 0 aromatic carbocycles. The summed E-state index contributed by atoms with van der Waals surface area (Å²) < 4.78 is 1.52. The van der Waals surface area contributed by atoms with Crippen LogP contribution < -0.4 is 5.32 Å². The minimum Gasteiger partial charge on any atom is -0.348 e. The van der Waals surface area contributed by atoms with E-state index in [0.717, 1.165) is 6.42 Å². The highest BCUT2D eigenvalue weighted by molar-refractivity contribution is 6.33. The number of nitrogens with zero attached hydrogens (tertiary/aromatic N) is 2. The fraction of sp³-hybridized carbons (Fsp3) is 0.692. The van der Waals surface area contributed by atoms with Gasteiger partial charge in [0.25, 0.3) is 5.91 Å². The van der Waals surface area contributed by atoms with E-state index >= 15 is 0 Å². The third kappa shape index (κ3) is 2.53. The van der Waals surface area contributed by atoms with Gasteiger partial charge in [-0.25, -0.2) is 0 Å². The molecule has 1 N–H and O–H groups in total. The number of carbonyl (C=O) groups excluding carboxylic acids is 1. The molecule has 0 saturated heterocycles. The number of nitrogens with one attached hydrogen (secondary N) is 1. The van der Waals surface area contributed by atoms with Crippen molar-refractivity contribution in [1.29, 1.82) is 0 Å². The summed E-state index contributed by atoms with van der Waals surface area (Å²) in [4.78, 5) is 12.2. The Kier molecular flexibility index (Phi) is 3.95. The molecule has 0 spiro atoms. The zero-order chi connectivity index (χ0) is 13.3. The van der Waals surface area contributed by atoms with Crippen molar-refractivity contribution in [2.75, 3.05) is 0 Å². The van der Waals surface area contributed by atoms with Crippen LogP contribution in [0.3, 0.4) is 0 Å². The lowest BCUT2D eigenvalue weighted by Crippen LogP contribution is -2.44. The summed E-state index contributed by atoms with van der Waals surface area (Å²) in [5.74, 6) is 1.05. The van der Waals surface area contributed by atoms with Crippen molar-refractivity contribution in [3.63, 3.8) is 0 Å². The number of rotatable bonds is 2. The maximum Gasteiger partial charge on any atom is 0.271 e. The van der Waals surface area contributed by atoms with E-state index in [1.165, 1.54) is 23.7 Å². The van der Waals surface area contributed by atoms with Gasteiger partial charge in [0.15, 0.2) is 0 Å². The van der Waals surface area contributed by atoms with Gasteiger partial charge in [-0.15, -0.1) is 0 Å². The van der Waals surface area contributed by atoms with Crippen LogP contribution in [0.5, 0.6) is 0 Å². The summed E-state index contributed by atoms with van der Waals surface area (Å²) >= 11 is 5.98. The molecule has 1 aliphatic carbocycles. The van der Waals surface area contributed by atoms with E-state index in [1.54, 1.807) is 7.05 Å². The molecule has 1 aliphatic rings. The molecule has 1 aromatic rings. The molecule has 1 heterocycles. The van der Waals surface area contributed by atoms with E-state index < -0.39 is 0 Å². The van der Waals surface area contributed by atoms with Crippen molar-refractivity contribution in [1.82, 2.24) is 15.1 Å². The molecule has 0 aliphatic heterocycles. The monoisotopic (exact) mass is 269 g/mol. The number of carbonyl (C=O) groups is 1. The van der Waals surface area contributed by atoms with E-state index in [2.05, 4.69) is 24.3 Å². The molecule has 1 aromatic heterocycles. The molecule has 18 heavy (non-hydrogen) atoms. The van der Waals surface area contributed by atoms with Crippen molar-refractivity contribution in [2.45, 2.75) is 39.2 Å². The van der Waals surface area contributed by atoms with Crippen LogP contribution in [0, 0.1) is 11.8 Å². The fourth-order valence-corrected chi connectivity index (χ4v) is 2.94. The number of aromatic nitrogens is 2. The Morgan fingerprint density at radius 2 is 2.22 bits per heavy atom. The number of hydrogen-bond donors (Lipinski definition) is 1. The number of hydrogen-bond acceptors (Lipinski definition) is 2. The van der Waals surface area contributed by atoms with E-state index in [1.807, 2.05) is 0 Å². The smallest absolute Gasteiger partial charge is 0.271 e. The highest BCUT2D eigenvalue weighted by atomic mass is 35.5. The molecular formula is C13H20ClN3O. The quantitative estimate of drug-likeness (QED) is 0.897. The first-order valence-electron chi connectivity index (χ1n) is 6.49. The third-order valence-corrected chi connectivity index (χ3v) is 4.41. The third-order valence-electron chi connectivity index (χ3n) is 4.13. The minimum absolute atomic E-state index is 0.119. The summed E-state index contributed by atoms with van der Waals surface area (Å²) in [5.41, 5.74) is 0.446. The normalized spacial score (nSPS) is 28.1. The zero-order valence-electron chi connectivity index (χ0n) is 11.1. The molecule has 0 radical (unpaired) electrons. The Morgan fingerprint density at radius 3 is 2.83 bits per heavy atom. The first-order valence-corrected chi connectivity index (χ1v) is 6.87. The second-order valence-electron chi connectivity index (χ2n) is 5.31. The predicted molar refractivity (Wildman–Crippen MR) is 71.7 cm³/mol. The average Bonchev–Trinajstić information content (AvgIpc) is 2.65. The summed E-state index contributed by atoms with van der Waals surface area (Å²) in [6, 6.07) is 0.243. The first-order chi connectivity index (χ1) is 8.50. The molecule has 1 amide bonds. The lowest BCUT2D eigenvalue weighted by atomic mass is 9.78. The molecule has 5 heteroatoms. The van der Waals surface area contributed by atoms with Gasteiger partial charge in [0.05, 0.1) is 11.2 Å². The standard InChI is InChI=1S/C13H20ClN3O/c1-8-5-4-6-11(9(8)2)16-13(18)12-10(14)7-15-17(12)3/h7-9,11H,4-6H2,1-3H3,(H,16,18)/t8-,9-,11+/m1/s1. The van der Waals surface area contributed by atoms with Gasteiger partial charge in [-0.1, -0.05) is 38.3 Å². The largest absolute Gasteiger partial charge is 0.348 e. The fourth-order valence-electron chi connectivity index (χ4n) is 2.69. The topological polar surface area (TPSA) is 46.9 Å². The molecule has 4 nitrogen and oxygen atoms in total. The van der Waals surface area contributed by atoms with Gasteiger partial charge in [0.2, 0.25) is 0 Å². The molecule has 1 fully saturated rings. The van der Waals surface area contributed by atoms with Crippen LogP contribution in [0.25, 0.3) is 0 Å². The van der Waals surface area contributed by atoms with E-state index in [9.17, 15) is 4.79 Å². The Hall–Kier alpha value is -1.03. The highest BCUT2D eigenvalue weighted by Gasteiger charge is 2.29. The molecule has 0 unspecified atom stereocenters. The summed E-state index contributed by atoms with van der Waals surface area (Å²) in [7, 11) is 1.73. The summed E-state index contributed by atoms with van der Waals surface area (Å²) in [6.45, 7) is 4.46. The van der Waals surface area contributed by atoms with Gasteiger partial charge in [-0.2, -0.15) is 5.10 Å². The lowest BCUT2D eigenvalue weighted by molar-refractivity contribution is 0.0881. The molecule has 1 saturated carbocycles. The molecule has 3 atom stereocenters. The van der Waals surface area contributed by atoms with Gasteiger partial charge in [-0.3, -0.25) is 9.48 Å². The Balaban J connectivity index is 2.08. The van der Waals surface area contributed by atoms with Gasteiger partial charge < -0.3 is 5.32 Å². The van der Waals surface area contributed by atoms with Gasteiger partial charge >= 0.3 is 0 Å².